The van der Waals surface area contributed by atoms with Gasteiger partial charge in [0.25, 0.3) is 0 Å². The summed E-state index contributed by atoms with van der Waals surface area (Å²) in [6.07, 6.45) is 4.56. The molecular weight excluding hydrogens is 340 g/mol. The maximum absolute atomic E-state index is 12.5. The van der Waals surface area contributed by atoms with Crippen molar-refractivity contribution in [3.63, 3.8) is 0 Å². The predicted octanol–water partition coefficient (Wildman–Crippen LogP) is 2.69. The number of hydrogen-bond acceptors (Lipinski definition) is 4. The van der Waals surface area contributed by atoms with Gasteiger partial charge in [0.1, 0.15) is 0 Å². The van der Waals surface area contributed by atoms with Crippen LogP contribution >= 0.6 is 0 Å². The zero-order chi connectivity index (χ0) is 18.1. The fraction of sp³-hybridized carbons (Fsp3) is 0.611. The first kappa shape index (κ1) is 18.2. The molecule has 25 heavy (non-hydrogen) atoms. The molecule has 0 bridgehead atoms. The number of fused-ring (bicyclic) bond motifs is 1. The molecule has 2 aliphatic rings. The molecule has 1 saturated carbocycles. The largest absolute Gasteiger partial charge is 0.377 e. The quantitative estimate of drug-likeness (QED) is 0.805. The monoisotopic (exact) mass is 366 g/mol. The van der Waals surface area contributed by atoms with Crippen LogP contribution in [0.25, 0.3) is 0 Å². The van der Waals surface area contributed by atoms with Gasteiger partial charge in [0, 0.05) is 31.5 Å². The molecule has 7 heteroatoms. The molecule has 1 aliphatic carbocycles. The first-order chi connectivity index (χ1) is 11.9. The van der Waals surface area contributed by atoms with Crippen LogP contribution in [0.15, 0.2) is 18.2 Å². The van der Waals surface area contributed by atoms with Crippen molar-refractivity contribution in [3.05, 3.63) is 23.8 Å². The first-order valence-corrected chi connectivity index (χ1v) is 10.5. The topological polar surface area (TPSA) is 75.7 Å². The number of anilines is 2. The Morgan fingerprint density at radius 1 is 1.28 bits per heavy atom. The number of rotatable bonds is 7. The van der Waals surface area contributed by atoms with Gasteiger partial charge >= 0.3 is 0 Å². The molecule has 1 amide bonds. The summed E-state index contributed by atoms with van der Waals surface area (Å²) in [7, 11) is -1.91. The van der Waals surface area contributed by atoms with Gasteiger partial charge in [-0.2, -0.15) is 0 Å². The maximum Gasteiger partial charge on any atom is 0.235 e. The molecule has 0 unspecified atom stereocenters. The summed E-state index contributed by atoms with van der Waals surface area (Å²) in [6.45, 7) is 2.73. The Morgan fingerprint density at radius 3 is 2.64 bits per heavy atom. The minimum absolute atomic E-state index is 0.0198. The first-order valence-electron chi connectivity index (χ1n) is 8.87. The van der Waals surface area contributed by atoms with E-state index in [9.17, 15) is 13.2 Å². The number of methoxy groups -OCH3 is 1. The van der Waals surface area contributed by atoms with Gasteiger partial charge in [-0.25, -0.2) is 8.42 Å². The fourth-order valence-corrected chi connectivity index (χ4v) is 5.29. The number of carbonyl (C=O) groups is 1. The van der Waals surface area contributed by atoms with Gasteiger partial charge in [0.15, 0.2) is 0 Å². The van der Waals surface area contributed by atoms with Gasteiger partial charge < -0.3 is 9.64 Å². The smallest absolute Gasteiger partial charge is 0.235 e. The van der Waals surface area contributed by atoms with Crippen molar-refractivity contribution in [2.24, 2.45) is 0 Å². The standard InChI is InChI=1S/C18H26N2O4S/c1-3-11-20-16-7-6-15(12-14(16)5-8-17(20)21)19-25(22,23)13-18(24-2)9-4-10-18/h6-7,12,19H,3-5,8-11,13H2,1-2H3. The molecule has 0 saturated heterocycles. The number of amides is 1. The van der Waals surface area contributed by atoms with Crippen LogP contribution in [0.5, 0.6) is 0 Å². The van der Waals surface area contributed by atoms with E-state index in [2.05, 4.69) is 4.72 Å². The summed E-state index contributed by atoms with van der Waals surface area (Å²) >= 11 is 0. The number of sulfonamides is 1. The van der Waals surface area contributed by atoms with E-state index >= 15 is 0 Å². The Bertz CT molecular complexity index is 751. The van der Waals surface area contributed by atoms with E-state index in [1.54, 1.807) is 18.1 Å². The van der Waals surface area contributed by atoms with Crippen LogP contribution < -0.4 is 9.62 Å². The van der Waals surface area contributed by atoms with E-state index in [1.165, 1.54) is 0 Å². The minimum Gasteiger partial charge on any atom is -0.377 e. The molecule has 0 spiro atoms. The molecule has 138 valence electrons. The molecule has 0 aromatic heterocycles. The Balaban J connectivity index is 1.77. The zero-order valence-electron chi connectivity index (χ0n) is 14.9. The number of aryl methyl sites for hydroxylation is 1. The summed E-state index contributed by atoms with van der Waals surface area (Å²) in [4.78, 5) is 13.9. The summed E-state index contributed by atoms with van der Waals surface area (Å²) in [5, 5.41) is 0. The van der Waals surface area contributed by atoms with E-state index in [0.29, 0.717) is 25.1 Å². The van der Waals surface area contributed by atoms with Gasteiger partial charge in [0.05, 0.1) is 11.4 Å². The Labute approximate surface area is 149 Å². The van der Waals surface area contributed by atoms with Crippen molar-refractivity contribution in [1.29, 1.82) is 0 Å². The lowest BCUT2D eigenvalue weighted by Crippen LogP contribution is -2.46. The highest BCUT2D eigenvalue weighted by atomic mass is 32.2. The average Bonchev–Trinajstić information content (AvgIpc) is 2.53. The van der Waals surface area contributed by atoms with Crippen molar-refractivity contribution in [2.45, 2.75) is 51.0 Å². The van der Waals surface area contributed by atoms with Gasteiger partial charge in [-0.1, -0.05) is 6.92 Å². The van der Waals surface area contributed by atoms with Gasteiger partial charge in [0.2, 0.25) is 15.9 Å². The maximum atomic E-state index is 12.5. The van der Waals surface area contributed by atoms with Crippen molar-refractivity contribution in [2.75, 3.05) is 29.0 Å². The molecule has 1 fully saturated rings. The molecule has 1 aliphatic heterocycles. The minimum atomic E-state index is -3.48. The summed E-state index contributed by atoms with van der Waals surface area (Å²) < 4.78 is 33.1. The third-order valence-corrected chi connectivity index (χ3v) is 6.60. The second-order valence-electron chi connectivity index (χ2n) is 6.99. The van der Waals surface area contributed by atoms with Gasteiger partial charge in [-0.15, -0.1) is 0 Å². The van der Waals surface area contributed by atoms with Crippen molar-refractivity contribution >= 4 is 27.3 Å². The second kappa shape index (κ2) is 6.96. The highest BCUT2D eigenvalue weighted by Gasteiger charge is 2.41. The summed E-state index contributed by atoms with van der Waals surface area (Å²) in [5.41, 5.74) is 1.92. The van der Waals surface area contributed by atoms with Crippen LogP contribution in [0.2, 0.25) is 0 Å². The number of carbonyl (C=O) groups excluding carboxylic acids is 1. The van der Waals surface area contributed by atoms with Crippen LogP contribution in [0.3, 0.4) is 0 Å². The SMILES string of the molecule is CCCN1C(=O)CCc2cc(NS(=O)(=O)CC3(OC)CCC3)ccc21. The molecule has 1 N–H and O–H groups in total. The molecule has 3 rings (SSSR count). The fourth-order valence-electron chi connectivity index (χ4n) is 3.63. The van der Waals surface area contributed by atoms with E-state index in [4.69, 9.17) is 4.74 Å². The van der Waals surface area contributed by atoms with Crippen LogP contribution in [0.4, 0.5) is 11.4 Å². The number of nitrogens with one attached hydrogen (secondary N) is 1. The Morgan fingerprint density at radius 2 is 2.04 bits per heavy atom. The van der Waals surface area contributed by atoms with Crippen LogP contribution in [0.1, 0.15) is 44.6 Å². The second-order valence-corrected chi connectivity index (χ2v) is 8.71. The van der Waals surface area contributed by atoms with Crippen molar-refractivity contribution in [1.82, 2.24) is 0 Å². The van der Waals surface area contributed by atoms with Crippen molar-refractivity contribution in [3.8, 4) is 0 Å². The molecular formula is C18H26N2O4S. The number of nitrogens with zero attached hydrogens (tertiary/aromatic N) is 1. The van der Waals surface area contributed by atoms with E-state index < -0.39 is 15.6 Å². The molecule has 1 heterocycles. The normalized spacial score (nSPS) is 19.3. The number of ether oxygens (including phenoxy) is 1. The van der Waals surface area contributed by atoms with E-state index in [1.807, 2.05) is 19.1 Å². The Hall–Kier alpha value is -1.60. The van der Waals surface area contributed by atoms with Gasteiger partial charge in [-0.3, -0.25) is 9.52 Å². The lowest BCUT2D eigenvalue weighted by atomic mass is 9.82. The lowest BCUT2D eigenvalue weighted by molar-refractivity contribution is -0.118. The lowest BCUT2D eigenvalue weighted by Gasteiger charge is -2.40. The van der Waals surface area contributed by atoms with Crippen LogP contribution in [-0.4, -0.2) is 39.3 Å². The predicted molar refractivity (Wildman–Crippen MR) is 98.4 cm³/mol. The number of hydrogen-bond donors (Lipinski definition) is 1. The average molecular weight is 366 g/mol. The van der Waals surface area contributed by atoms with Crippen molar-refractivity contribution < 1.29 is 17.9 Å². The molecule has 0 atom stereocenters. The van der Waals surface area contributed by atoms with Crippen LogP contribution in [0, 0.1) is 0 Å². The molecule has 6 nitrogen and oxygen atoms in total. The molecule has 1 aromatic carbocycles. The number of benzene rings is 1. The zero-order valence-corrected chi connectivity index (χ0v) is 15.7. The van der Waals surface area contributed by atoms with E-state index in [0.717, 1.165) is 36.9 Å². The van der Waals surface area contributed by atoms with E-state index in [-0.39, 0.29) is 11.7 Å². The highest BCUT2D eigenvalue weighted by molar-refractivity contribution is 7.92. The highest BCUT2D eigenvalue weighted by Crippen LogP contribution is 2.37. The Kier molecular flexibility index (Phi) is 5.06. The molecule has 1 aromatic rings. The van der Waals surface area contributed by atoms with Crippen LogP contribution in [-0.2, 0) is 26.0 Å². The van der Waals surface area contributed by atoms with Gasteiger partial charge in [-0.05, 0) is 55.9 Å². The third kappa shape index (κ3) is 3.82. The summed E-state index contributed by atoms with van der Waals surface area (Å²) in [6, 6.07) is 5.43. The molecule has 0 radical (unpaired) electrons. The summed E-state index contributed by atoms with van der Waals surface area (Å²) in [5.74, 6) is 0.114. The third-order valence-electron chi connectivity index (χ3n) is 5.15.